The molecule has 2 aliphatic carbocycles. The van der Waals surface area contributed by atoms with E-state index >= 15 is 0 Å². The van der Waals surface area contributed by atoms with E-state index in [4.69, 9.17) is 0 Å². The van der Waals surface area contributed by atoms with Gasteiger partial charge in [0, 0.05) is 11.8 Å². The molecule has 124 valence electrons. The monoisotopic (exact) mass is 326 g/mol. The molecule has 2 saturated carbocycles. The first-order chi connectivity index (χ1) is 11.7. The molecule has 0 heterocycles. The summed E-state index contributed by atoms with van der Waals surface area (Å²) in [6.07, 6.45) is 3.78. The SMILES string of the molecule is O=C(C(c1ccccc1F)C1CC1)C(c1ccccc1F)C1CC1. The third kappa shape index (κ3) is 2.88. The lowest BCUT2D eigenvalue weighted by Gasteiger charge is -2.24. The summed E-state index contributed by atoms with van der Waals surface area (Å²) in [6, 6.07) is 13.1. The molecule has 2 aliphatic rings. The zero-order valence-corrected chi connectivity index (χ0v) is 13.4. The van der Waals surface area contributed by atoms with Gasteiger partial charge in [-0.3, -0.25) is 4.79 Å². The highest BCUT2D eigenvalue weighted by atomic mass is 19.1. The fourth-order valence-electron chi connectivity index (χ4n) is 3.79. The zero-order chi connectivity index (χ0) is 16.7. The van der Waals surface area contributed by atoms with Gasteiger partial charge in [-0.15, -0.1) is 0 Å². The van der Waals surface area contributed by atoms with Gasteiger partial charge in [0.1, 0.15) is 17.4 Å². The third-order valence-corrected chi connectivity index (χ3v) is 5.28. The maximum Gasteiger partial charge on any atom is 0.148 e. The number of halogens is 2. The summed E-state index contributed by atoms with van der Waals surface area (Å²) in [5, 5.41) is 0. The first-order valence-corrected chi connectivity index (χ1v) is 8.69. The summed E-state index contributed by atoms with van der Waals surface area (Å²) in [4.78, 5) is 13.4. The van der Waals surface area contributed by atoms with Crippen LogP contribution in [0.25, 0.3) is 0 Å². The Morgan fingerprint density at radius 1 is 0.750 bits per heavy atom. The van der Waals surface area contributed by atoms with Crippen LogP contribution < -0.4 is 0 Å². The van der Waals surface area contributed by atoms with Crippen LogP contribution in [0.15, 0.2) is 48.5 Å². The molecule has 2 aromatic rings. The smallest absolute Gasteiger partial charge is 0.148 e. The van der Waals surface area contributed by atoms with Crippen LogP contribution in [-0.4, -0.2) is 5.78 Å². The second-order valence-corrected chi connectivity index (χ2v) is 7.08. The normalized spacial score (nSPS) is 19.8. The quantitative estimate of drug-likeness (QED) is 0.711. The van der Waals surface area contributed by atoms with Gasteiger partial charge in [0.25, 0.3) is 0 Å². The Balaban J connectivity index is 1.73. The van der Waals surface area contributed by atoms with Crippen molar-refractivity contribution in [2.24, 2.45) is 11.8 Å². The summed E-state index contributed by atoms with van der Waals surface area (Å²) in [5.41, 5.74) is 0.957. The maximum absolute atomic E-state index is 14.3. The summed E-state index contributed by atoms with van der Waals surface area (Å²) in [7, 11) is 0. The summed E-state index contributed by atoms with van der Waals surface area (Å²) >= 11 is 0. The third-order valence-electron chi connectivity index (χ3n) is 5.28. The average Bonchev–Trinajstić information content (AvgIpc) is 3.45. The minimum Gasteiger partial charge on any atom is -0.298 e. The van der Waals surface area contributed by atoms with Gasteiger partial charge >= 0.3 is 0 Å². The molecule has 0 N–H and O–H groups in total. The molecule has 3 heteroatoms. The molecule has 0 amide bonds. The standard InChI is InChI=1S/C21H20F2O/c22-17-7-3-1-5-15(17)19(13-9-10-13)21(24)20(14-11-12-14)16-6-2-4-8-18(16)23/h1-8,13-14,19-20H,9-12H2. The van der Waals surface area contributed by atoms with Gasteiger partial charge in [0.2, 0.25) is 0 Å². The van der Waals surface area contributed by atoms with Gasteiger partial charge in [-0.2, -0.15) is 0 Å². The topological polar surface area (TPSA) is 17.1 Å². The predicted octanol–water partition coefficient (Wildman–Crippen LogP) is 5.22. The van der Waals surface area contributed by atoms with Crippen LogP contribution in [-0.2, 0) is 4.79 Å². The van der Waals surface area contributed by atoms with E-state index in [0.717, 1.165) is 25.7 Å². The van der Waals surface area contributed by atoms with E-state index in [-0.39, 0.29) is 29.3 Å². The number of Topliss-reactive ketones (excluding diaryl/α,β-unsaturated/α-hetero) is 1. The highest BCUT2D eigenvalue weighted by Gasteiger charge is 2.46. The van der Waals surface area contributed by atoms with Crippen molar-refractivity contribution in [1.29, 1.82) is 0 Å². The van der Waals surface area contributed by atoms with Crippen molar-refractivity contribution in [2.75, 3.05) is 0 Å². The van der Waals surface area contributed by atoms with E-state index in [9.17, 15) is 13.6 Å². The average molecular weight is 326 g/mol. The van der Waals surface area contributed by atoms with Gasteiger partial charge in [-0.1, -0.05) is 36.4 Å². The van der Waals surface area contributed by atoms with Crippen LogP contribution in [0, 0.1) is 23.5 Å². The molecule has 0 radical (unpaired) electrons. The Morgan fingerprint density at radius 2 is 1.12 bits per heavy atom. The number of hydrogen-bond acceptors (Lipinski definition) is 1. The minimum absolute atomic E-state index is 0.00444. The molecule has 2 aromatic carbocycles. The molecule has 0 spiro atoms. The number of benzene rings is 2. The Kier molecular flexibility index (Phi) is 3.95. The highest BCUT2D eigenvalue weighted by Crippen LogP contribution is 2.51. The second-order valence-electron chi connectivity index (χ2n) is 7.08. The molecule has 2 fully saturated rings. The van der Waals surface area contributed by atoms with Crippen LogP contribution in [0.3, 0.4) is 0 Å². The molecule has 24 heavy (non-hydrogen) atoms. The Hall–Kier alpha value is -2.03. The summed E-state index contributed by atoms with van der Waals surface area (Å²) in [6.45, 7) is 0. The molecule has 2 atom stereocenters. The van der Waals surface area contributed by atoms with E-state index in [0.29, 0.717) is 11.1 Å². The van der Waals surface area contributed by atoms with Crippen LogP contribution >= 0.6 is 0 Å². The molecular formula is C21H20F2O. The van der Waals surface area contributed by atoms with Crippen LogP contribution in [0.5, 0.6) is 0 Å². The first kappa shape index (κ1) is 15.5. The first-order valence-electron chi connectivity index (χ1n) is 8.69. The van der Waals surface area contributed by atoms with Crippen LogP contribution in [0.2, 0.25) is 0 Å². The molecule has 0 saturated heterocycles. The lowest BCUT2D eigenvalue weighted by atomic mass is 9.78. The number of carbonyl (C=O) groups excluding carboxylic acids is 1. The lowest BCUT2D eigenvalue weighted by Crippen LogP contribution is -2.25. The number of ketones is 1. The van der Waals surface area contributed by atoms with Gasteiger partial charge in [0.15, 0.2) is 0 Å². The maximum atomic E-state index is 14.3. The predicted molar refractivity (Wildman–Crippen MR) is 88.7 cm³/mol. The van der Waals surface area contributed by atoms with E-state index < -0.39 is 11.8 Å². The Labute approximate surface area is 140 Å². The van der Waals surface area contributed by atoms with Crippen molar-refractivity contribution in [2.45, 2.75) is 37.5 Å². The Morgan fingerprint density at radius 3 is 1.46 bits per heavy atom. The van der Waals surface area contributed by atoms with E-state index in [1.54, 1.807) is 36.4 Å². The van der Waals surface area contributed by atoms with Gasteiger partial charge in [-0.05, 0) is 60.8 Å². The number of rotatable bonds is 6. The molecule has 0 aromatic heterocycles. The lowest BCUT2D eigenvalue weighted by molar-refractivity contribution is -0.123. The van der Waals surface area contributed by atoms with Gasteiger partial charge in [-0.25, -0.2) is 8.78 Å². The molecule has 2 unspecified atom stereocenters. The van der Waals surface area contributed by atoms with E-state index in [1.165, 1.54) is 12.1 Å². The molecule has 0 bridgehead atoms. The molecule has 0 aliphatic heterocycles. The second kappa shape index (κ2) is 6.12. The van der Waals surface area contributed by atoms with Crippen LogP contribution in [0.4, 0.5) is 8.78 Å². The van der Waals surface area contributed by atoms with Crippen LogP contribution in [0.1, 0.15) is 48.6 Å². The number of hydrogen-bond donors (Lipinski definition) is 0. The summed E-state index contributed by atoms with van der Waals surface area (Å²) < 4.78 is 28.6. The van der Waals surface area contributed by atoms with Crippen molar-refractivity contribution in [3.63, 3.8) is 0 Å². The Bertz CT molecular complexity index is 698. The van der Waals surface area contributed by atoms with Gasteiger partial charge < -0.3 is 0 Å². The summed E-state index contributed by atoms with van der Waals surface area (Å²) in [5.74, 6) is -1.16. The fraction of sp³-hybridized carbons (Fsp3) is 0.381. The van der Waals surface area contributed by atoms with E-state index in [1.807, 2.05) is 0 Å². The molecule has 1 nitrogen and oxygen atoms in total. The van der Waals surface area contributed by atoms with Crippen molar-refractivity contribution < 1.29 is 13.6 Å². The number of carbonyl (C=O) groups is 1. The van der Waals surface area contributed by atoms with Gasteiger partial charge in [0.05, 0.1) is 0 Å². The largest absolute Gasteiger partial charge is 0.298 e. The zero-order valence-electron chi connectivity index (χ0n) is 13.4. The van der Waals surface area contributed by atoms with Crippen molar-refractivity contribution in [3.05, 3.63) is 71.3 Å². The molecular weight excluding hydrogens is 306 g/mol. The fourth-order valence-corrected chi connectivity index (χ4v) is 3.79. The minimum atomic E-state index is -0.448. The van der Waals surface area contributed by atoms with Crippen molar-refractivity contribution in [1.82, 2.24) is 0 Å². The van der Waals surface area contributed by atoms with Crippen molar-refractivity contribution >= 4 is 5.78 Å². The van der Waals surface area contributed by atoms with Crippen molar-refractivity contribution in [3.8, 4) is 0 Å². The highest BCUT2D eigenvalue weighted by molar-refractivity contribution is 5.93. The van der Waals surface area contributed by atoms with E-state index in [2.05, 4.69) is 0 Å². The molecule has 4 rings (SSSR count).